The number of aliphatic hydroxyl groups excluding tert-OH is 1. The number of piperazine rings is 1. The Morgan fingerprint density at radius 3 is 2.58 bits per heavy atom. The predicted octanol–water partition coefficient (Wildman–Crippen LogP) is 0.851. The number of nitrogens with zero attached hydrogens (tertiary/aromatic N) is 2. The van der Waals surface area contributed by atoms with Crippen molar-refractivity contribution in [3.63, 3.8) is 0 Å². The maximum absolute atomic E-state index is 8.95. The summed E-state index contributed by atoms with van der Waals surface area (Å²) in [5, 5.41) is 12.1. The summed E-state index contributed by atoms with van der Waals surface area (Å²) in [6.07, 6.45) is 0. The minimum Gasteiger partial charge on any atom is -0.495 e. The van der Waals surface area contributed by atoms with Crippen LogP contribution in [0.3, 0.4) is 0 Å². The normalized spacial score (nSPS) is 16.5. The standard InChI is InChI=1S/C14H23N3O2/c1-15-13-4-3-12(11-14(13)19-2)17-7-5-16(6-8-17)9-10-18/h3-4,11,15,18H,5-10H2,1-2H3. The van der Waals surface area contributed by atoms with Crippen molar-refractivity contribution in [3.8, 4) is 5.75 Å². The van der Waals surface area contributed by atoms with Crippen molar-refractivity contribution >= 4 is 11.4 Å². The predicted molar refractivity (Wildman–Crippen MR) is 78.3 cm³/mol. The number of β-amino-alcohol motifs (C(OH)–C–C–N with tert-alkyl or cyclic N) is 1. The van der Waals surface area contributed by atoms with E-state index in [2.05, 4.69) is 27.2 Å². The van der Waals surface area contributed by atoms with Crippen LogP contribution in [0.4, 0.5) is 11.4 Å². The molecule has 0 atom stereocenters. The number of anilines is 2. The minimum atomic E-state index is 0.241. The van der Waals surface area contributed by atoms with E-state index in [9.17, 15) is 0 Å². The molecule has 1 aliphatic rings. The van der Waals surface area contributed by atoms with Crippen LogP contribution in [0.15, 0.2) is 18.2 Å². The van der Waals surface area contributed by atoms with E-state index < -0.39 is 0 Å². The third-order valence-corrected chi connectivity index (χ3v) is 3.61. The van der Waals surface area contributed by atoms with Crippen LogP contribution in [0, 0.1) is 0 Å². The SMILES string of the molecule is CNc1ccc(N2CCN(CCO)CC2)cc1OC. The van der Waals surface area contributed by atoms with Crippen LogP contribution in [0.1, 0.15) is 0 Å². The quantitative estimate of drug-likeness (QED) is 0.826. The van der Waals surface area contributed by atoms with E-state index in [1.165, 1.54) is 5.69 Å². The molecule has 0 aromatic heterocycles. The highest BCUT2D eigenvalue weighted by molar-refractivity contribution is 5.64. The first-order chi connectivity index (χ1) is 9.28. The minimum absolute atomic E-state index is 0.241. The van der Waals surface area contributed by atoms with Gasteiger partial charge in [-0.1, -0.05) is 0 Å². The first-order valence-corrected chi connectivity index (χ1v) is 6.72. The number of methoxy groups -OCH3 is 1. The van der Waals surface area contributed by atoms with Crippen LogP contribution in [-0.2, 0) is 0 Å². The zero-order valence-corrected chi connectivity index (χ0v) is 11.7. The molecule has 1 saturated heterocycles. The molecule has 1 fully saturated rings. The van der Waals surface area contributed by atoms with Gasteiger partial charge in [-0.3, -0.25) is 4.90 Å². The number of aliphatic hydroxyl groups is 1. The number of hydrogen-bond acceptors (Lipinski definition) is 5. The van der Waals surface area contributed by atoms with Gasteiger partial charge in [0.05, 0.1) is 19.4 Å². The zero-order valence-electron chi connectivity index (χ0n) is 11.7. The number of hydrogen-bond donors (Lipinski definition) is 2. The van der Waals surface area contributed by atoms with Crippen LogP contribution in [0.5, 0.6) is 5.75 Å². The van der Waals surface area contributed by atoms with Crippen molar-refractivity contribution in [3.05, 3.63) is 18.2 Å². The number of ether oxygens (including phenoxy) is 1. The average molecular weight is 265 g/mol. The van der Waals surface area contributed by atoms with Gasteiger partial charge in [0.25, 0.3) is 0 Å². The van der Waals surface area contributed by atoms with E-state index in [1.807, 2.05) is 13.1 Å². The molecule has 0 amide bonds. The first-order valence-electron chi connectivity index (χ1n) is 6.72. The Morgan fingerprint density at radius 1 is 1.26 bits per heavy atom. The molecular weight excluding hydrogens is 242 g/mol. The molecule has 0 aliphatic carbocycles. The Morgan fingerprint density at radius 2 is 2.00 bits per heavy atom. The summed E-state index contributed by atoms with van der Waals surface area (Å²) in [5.41, 5.74) is 2.20. The molecule has 19 heavy (non-hydrogen) atoms. The molecule has 2 rings (SSSR count). The molecule has 1 aromatic rings. The summed E-state index contributed by atoms with van der Waals surface area (Å²) in [5.74, 6) is 0.873. The molecule has 0 saturated carbocycles. The molecule has 1 aromatic carbocycles. The Kier molecular flexibility index (Phi) is 4.87. The fraction of sp³-hybridized carbons (Fsp3) is 0.571. The number of rotatable bonds is 5. The summed E-state index contributed by atoms with van der Waals surface area (Å²) in [6, 6.07) is 6.25. The second-order valence-electron chi connectivity index (χ2n) is 4.69. The van der Waals surface area contributed by atoms with Crippen LogP contribution >= 0.6 is 0 Å². The lowest BCUT2D eigenvalue weighted by Gasteiger charge is -2.36. The molecular formula is C14H23N3O2. The van der Waals surface area contributed by atoms with E-state index in [1.54, 1.807) is 7.11 Å². The van der Waals surface area contributed by atoms with Crippen molar-refractivity contribution < 1.29 is 9.84 Å². The van der Waals surface area contributed by atoms with Gasteiger partial charge in [0.2, 0.25) is 0 Å². The lowest BCUT2D eigenvalue weighted by molar-refractivity contribution is 0.189. The van der Waals surface area contributed by atoms with Crippen LogP contribution < -0.4 is 15.0 Å². The van der Waals surface area contributed by atoms with Gasteiger partial charge >= 0.3 is 0 Å². The Labute approximate surface area is 114 Å². The van der Waals surface area contributed by atoms with Gasteiger partial charge in [0.15, 0.2) is 0 Å². The van der Waals surface area contributed by atoms with Gasteiger partial charge in [-0.25, -0.2) is 0 Å². The Balaban J connectivity index is 2.03. The molecule has 0 radical (unpaired) electrons. The molecule has 5 heteroatoms. The zero-order chi connectivity index (χ0) is 13.7. The smallest absolute Gasteiger partial charge is 0.144 e. The second-order valence-corrected chi connectivity index (χ2v) is 4.69. The highest BCUT2D eigenvalue weighted by Crippen LogP contribution is 2.29. The largest absolute Gasteiger partial charge is 0.495 e. The van der Waals surface area contributed by atoms with Crippen molar-refractivity contribution in [1.29, 1.82) is 0 Å². The lowest BCUT2D eigenvalue weighted by Crippen LogP contribution is -2.47. The summed E-state index contributed by atoms with van der Waals surface area (Å²) in [7, 11) is 3.59. The third kappa shape index (κ3) is 3.30. The summed E-state index contributed by atoms with van der Waals surface area (Å²) in [4.78, 5) is 4.64. The number of nitrogens with one attached hydrogen (secondary N) is 1. The summed E-state index contributed by atoms with van der Waals surface area (Å²) < 4.78 is 5.39. The van der Waals surface area contributed by atoms with Gasteiger partial charge in [-0.2, -0.15) is 0 Å². The molecule has 5 nitrogen and oxygen atoms in total. The Bertz CT molecular complexity index is 404. The fourth-order valence-corrected chi connectivity index (χ4v) is 2.45. The van der Waals surface area contributed by atoms with Crippen molar-refractivity contribution in [2.24, 2.45) is 0 Å². The number of benzene rings is 1. The topological polar surface area (TPSA) is 48.0 Å². The van der Waals surface area contributed by atoms with E-state index in [0.717, 1.165) is 44.2 Å². The first kappa shape index (κ1) is 14.0. The fourth-order valence-electron chi connectivity index (χ4n) is 2.45. The summed E-state index contributed by atoms with van der Waals surface area (Å²) in [6.45, 7) is 4.98. The van der Waals surface area contributed by atoms with E-state index in [0.29, 0.717) is 0 Å². The summed E-state index contributed by atoms with van der Waals surface area (Å²) >= 11 is 0. The maximum Gasteiger partial charge on any atom is 0.144 e. The van der Waals surface area contributed by atoms with Crippen molar-refractivity contribution in [2.45, 2.75) is 0 Å². The average Bonchev–Trinajstić information content (AvgIpc) is 2.47. The van der Waals surface area contributed by atoms with Crippen LogP contribution in [0.25, 0.3) is 0 Å². The molecule has 1 heterocycles. The highest BCUT2D eigenvalue weighted by atomic mass is 16.5. The lowest BCUT2D eigenvalue weighted by atomic mass is 10.2. The van der Waals surface area contributed by atoms with Gasteiger partial charge in [0.1, 0.15) is 5.75 Å². The molecule has 106 valence electrons. The monoisotopic (exact) mass is 265 g/mol. The van der Waals surface area contributed by atoms with E-state index >= 15 is 0 Å². The third-order valence-electron chi connectivity index (χ3n) is 3.61. The maximum atomic E-state index is 8.95. The van der Waals surface area contributed by atoms with Crippen molar-refractivity contribution in [1.82, 2.24) is 4.90 Å². The van der Waals surface area contributed by atoms with E-state index in [-0.39, 0.29) is 6.61 Å². The molecule has 2 N–H and O–H groups in total. The van der Waals surface area contributed by atoms with Gasteiger partial charge in [-0.05, 0) is 12.1 Å². The molecule has 0 spiro atoms. The molecule has 0 unspecified atom stereocenters. The van der Waals surface area contributed by atoms with Crippen molar-refractivity contribution in [2.75, 3.05) is 63.7 Å². The van der Waals surface area contributed by atoms with Crippen LogP contribution in [0.2, 0.25) is 0 Å². The van der Waals surface area contributed by atoms with Gasteiger partial charge in [0, 0.05) is 51.5 Å². The highest BCUT2D eigenvalue weighted by Gasteiger charge is 2.17. The van der Waals surface area contributed by atoms with Crippen LogP contribution in [-0.4, -0.2) is 63.5 Å². The molecule has 0 bridgehead atoms. The second kappa shape index (κ2) is 6.63. The Hall–Kier alpha value is -1.46. The molecule has 1 aliphatic heterocycles. The van der Waals surface area contributed by atoms with Gasteiger partial charge < -0.3 is 20.1 Å². The van der Waals surface area contributed by atoms with E-state index in [4.69, 9.17) is 9.84 Å². The van der Waals surface area contributed by atoms with Gasteiger partial charge in [-0.15, -0.1) is 0 Å².